The number of rotatable bonds is 4. The van der Waals surface area contributed by atoms with Gasteiger partial charge in [0, 0.05) is 22.3 Å². The van der Waals surface area contributed by atoms with Crippen molar-refractivity contribution in [2.24, 2.45) is 0 Å². The van der Waals surface area contributed by atoms with E-state index in [0.29, 0.717) is 11.4 Å². The Morgan fingerprint density at radius 3 is 1.18 bits per heavy atom. The second-order valence-corrected chi connectivity index (χ2v) is 8.29. The van der Waals surface area contributed by atoms with E-state index in [1.807, 2.05) is 30.3 Å². The van der Waals surface area contributed by atoms with Crippen LogP contribution in [0, 0.1) is 6.92 Å². The Morgan fingerprint density at radius 2 is 0.758 bits per heavy atom. The molecular weight excluding hydrogens is 400 g/mol. The van der Waals surface area contributed by atoms with E-state index >= 15 is 0 Å². The predicted octanol–water partition coefficient (Wildman–Crippen LogP) is 7.83. The number of hydrogen-bond acceptors (Lipinski definition) is 2. The zero-order valence-corrected chi connectivity index (χ0v) is 18.6. The number of anilines is 2. The monoisotopic (exact) mass is 426 g/mol. The topological polar surface area (TPSA) is 52.0 Å². The molecule has 0 saturated heterocycles. The van der Waals surface area contributed by atoms with Gasteiger partial charge in [0.1, 0.15) is 0 Å². The van der Waals surface area contributed by atoms with Gasteiger partial charge in [-0.2, -0.15) is 0 Å². The van der Waals surface area contributed by atoms with Gasteiger partial charge in [-0.25, -0.2) is 0 Å². The number of benzene rings is 5. The number of aryl methyl sites for hydroxylation is 1. The van der Waals surface area contributed by atoms with Crippen LogP contribution in [-0.4, -0.2) is 0 Å². The van der Waals surface area contributed by atoms with Crippen molar-refractivity contribution in [3.05, 3.63) is 121 Å². The first-order valence-electron chi connectivity index (χ1n) is 11.1. The van der Waals surface area contributed by atoms with E-state index in [1.165, 1.54) is 5.56 Å². The molecule has 0 fully saturated rings. The summed E-state index contributed by atoms with van der Waals surface area (Å²) in [5.74, 6) is 0. The minimum atomic E-state index is 0.608. The Bertz CT molecular complexity index is 1410. The van der Waals surface area contributed by atoms with E-state index < -0.39 is 0 Å². The zero-order chi connectivity index (χ0) is 22.8. The fraction of sp³-hybridized carbons (Fsp3) is 0.0323. The molecule has 0 saturated carbocycles. The lowest BCUT2D eigenvalue weighted by atomic mass is 9.80. The number of hydrogen-bond donors (Lipinski definition) is 2. The molecule has 0 aromatic heterocycles. The summed E-state index contributed by atoms with van der Waals surface area (Å²) >= 11 is 0. The quantitative estimate of drug-likeness (QED) is 0.288. The average molecular weight is 427 g/mol. The van der Waals surface area contributed by atoms with Crippen LogP contribution in [0.3, 0.4) is 0 Å². The van der Waals surface area contributed by atoms with Crippen LogP contribution in [0.1, 0.15) is 5.56 Å². The first-order valence-corrected chi connectivity index (χ1v) is 11.1. The lowest BCUT2D eigenvalue weighted by Crippen LogP contribution is -2.05. The maximum absolute atomic E-state index is 6.86. The highest BCUT2D eigenvalue weighted by atomic mass is 14.7. The van der Waals surface area contributed by atoms with Crippen molar-refractivity contribution in [2.75, 3.05) is 11.5 Å². The summed E-state index contributed by atoms with van der Waals surface area (Å²) in [6.07, 6.45) is 0. The Kier molecular flexibility index (Phi) is 5.42. The van der Waals surface area contributed by atoms with Gasteiger partial charge in [0.2, 0.25) is 0 Å². The smallest absolute Gasteiger partial charge is 0.0640 e. The molecule has 4 N–H and O–H groups in total. The van der Waals surface area contributed by atoms with Gasteiger partial charge in [0.15, 0.2) is 0 Å². The fourth-order valence-corrected chi connectivity index (χ4v) is 4.58. The van der Waals surface area contributed by atoms with Crippen molar-refractivity contribution < 1.29 is 0 Å². The van der Waals surface area contributed by atoms with Crippen molar-refractivity contribution >= 4 is 11.4 Å². The SMILES string of the molecule is Cc1cccc(-c2c(N)c(N)c(-c3ccccc3)c(-c3ccccc3)c2-c2ccccc2)c1. The molecular formula is C31H26N2. The minimum absolute atomic E-state index is 0.608. The number of nitrogen functional groups attached to an aromatic ring is 2. The van der Waals surface area contributed by atoms with Gasteiger partial charge in [0.25, 0.3) is 0 Å². The molecule has 0 unspecified atom stereocenters. The second kappa shape index (κ2) is 8.68. The van der Waals surface area contributed by atoms with Gasteiger partial charge < -0.3 is 11.5 Å². The molecule has 0 bridgehead atoms. The highest BCUT2D eigenvalue weighted by Crippen LogP contribution is 2.52. The van der Waals surface area contributed by atoms with Crippen LogP contribution in [0.25, 0.3) is 44.5 Å². The third kappa shape index (κ3) is 3.77. The maximum atomic E-state index is 6.86. The Balaban J connectivity index is 2.01. The summed E-state index contributed by atoms with van der Waals surface area (Å²) in [7, 11) is 0. The standard InChI is InChI=1S/C31H26N2/c1-21-12-11-19-25(20-21)29-27(23-15-7-3-8-16-23)26(22-13-5-2-6-14-22)28(30(32)31(29)33)24-17-9-4-10-18-24/h2-20H,32-33H2,1H3. The normalized spacial score (nSPS) is 10.8. The third-order valence-corrected chi connectivity index (χ3v) is 6.07. The molecule has 2 heteroatoms. The van der Waals surface area contributed by atoms with Crippen LogP contribution < -0.4 is 11.5 Å². The van der Waals surface area contributed by atoms with Gasteiger partial charge in [-0.15, -0.1) is 0 Å². The maximum Gasteiger partial charge on any atom is 0.0640 e. The molecule has 0 aliphatic carbocycles. The first kappa shape index (κ1) is 20.6. The average Bonchev–Trinajstić information content (AvgIpc) is 2.86. The van der Waals surface area contributed by atoms with Gasteiger partial charge in [-0.1, -0.05) is 121 Å². The van der Waals surface area contributed by atoms with Gasteiger partial charge in [-0.05, 0) is 29.2 Å². The van der Waals surface area contributed by atoms with Gasteiger partial charge in [-0.3, -0.25) is 0 Å². The van der Waals surface area contributed by atoms with E-state index in [-0.39, 0.29) is 0 Å². The highest BCUT2D eigenvalue weighted by Gasteiger charge is 2.25. The van der Waals surface area contributed by atoms with Gasteiger partial charge in [0.05, 0.1) is 11.4 Å². The fourth-order valence-electron chi connectivity index (χ4n) is 4.58. The van der Waals surface area contributed by atoms with Crippen molar-refractivity contribution in [3.63, 3.8) is 0 Å². The van der Waals surface area contributed by atoms with Crippen molar-refractivity contribution in [1.29, 1.82) is 0 Å². The largest absolute Gasteiger partial charge is 0.397 e. The molecule has 0 radical (unpaired) electrons. The Hall–Kier alpha value is -4.30. The summed E-state index contributed by atoms with van der Waals surface area (Å²) in [6.45, 7) is 2.10. The van der Waals surface area contributed by atoms with Crippen molar-refractivity contribution in [1.82, 2.24) is 0 Å². The molecule has 160 valence electrons. The molecule has 33 heavy (non-hydrogen) atoms. The molecule has 2 nitrogen and oxygen atoms in total. The van der Waals surface area contributed by atoms with E-state index in [1.54, 1.807) is 0 Å². The first-order chi connectivity index (χ1) is 16.1. The van der Waals surface area contributed by atoms with Gasteiger partial charge >= 0.3 is 0 Å². The Labute approximate surface area is 195 Å². The van der Waals surface area contributed by atoms with Crippen LogP contribution >= 0.6 is 0 Å². The lowest BCUT2D eigenvalue weighted by Gasteiger charge is -2.25. The molecule has 0 aliphatic rings. The van der Waals surface area contributed by atoms with E-state index in [4.69, 9.17) is 11.5 Å². The van der Waals surface area contributed by atoms with Crippen LogP contribution in [0.5, 0.6) is 0 Å². The van der Waals surface area contributed by atoms with Crippen LogP contribution in [-0.2, 0) is 0 Å². The van der Waals surface area contributed by atoms with E-state index in [0.717, 1.165) is 44.5 Å². The zero-order valence-electron chi connectivity index (χ0n) is 18.6. The third-order valence-electron chi connectivity index (χ3n) is 6.07. The summed E-state index contributed by atoms with van der Waals surface area (Å²) in [5, 5.41) is 0. The molecule has 0 amide bonds. The molecule has 0 aliphatic heterocycles. The summed E-state index contributed by atoms with van der Waals surface area (Å²) in [6, 6.07) is 39.7. The summed E-state index contributed by atoms with van der Waals surface area (Å²) in [4.78, 5) is 0. The molecule has 5 aromatic rings. The summed E-state index contributed by atoms with van der Waals surface area (Å²) < 4.78 is 0. The number of nitrogens with two attached hydrogens (primary N) is 2. The highest BCUT2D eigenvalue weighted by molar-refractivity contribution is 6.11. The molecule has 0 atom stereocenters. The summed E-state index contributed by atoms with van der Waals surface area (Å²) in [5.41, 5.74) is 24.6. The predicted molar refractivity (Wildman–Crippen MR) is 142 cm³/mol. The van der Waals surface area contributed by atoms with Crippen LogP contribution in [0.2, 0.25) is 0 Å². The Morgan fingerprint density at radius 1 is 0.394 bits per heavy atom. The van der Waals surface area contributed by atoms with Crippen LogP contribution in [0.4, 0.5) is 11.4 Å². The molecule has 5 rings (SSSR count). The molecule has 0 heterocycles. The van der Waals surface area contributed by atoms with Crippen LogP contribution in [0.15, 0.2) is 115 Å². The van der Waals surface area contributed by atoms with E-state index in [2.05, 4.69) is 91.9 Å². The minimum Gasteiger partial charge on any atom is -0.397 e. The second-order valence-electron chi connectivity index (χ2n) is 8.29. The van der Waals surface area contributed by atoms with Crippen molar-refractivity contribution in [3.8, 4) is 44.5 Å². The molecule has 0 spiro atoms. The lowest BCUT2D eigenvalue weighted by molar-refractivity contribution is 1.46. The molecule has 5 aromatic carbocycles. The van der Waals surface area contributed by atoms with Crippen molar-refractivity contribution in [2.45, 2.75) is 6.92 Å². The van der Waals surface area contributed by atoms with E-state index in [9.17, 15) is 0 Å².